The van der Waals surface area contributed by atoms with E-state index in [4.69, 9.17) is 0 Å². The number of nitrogens with zero attached hydrogens (tertiary/aromatic N) is 3. The van der Waals surface area contributed by atoms with Crippen LogP contribution in [0.15, 0.2) is 6.33 Å². The van der Waals surface area contributed by atoms with Gasteiger partial charge in [-0.25, -0.2) is 18.1 Å². The minimum Gasteiger partial charge on any atom is -0.312 e. The van der Waals surface area contributed by atoms with Gasteiger partial charge in [0.25, 0.3) is 0 Å². The summed E-state index contributed by atoms with van der Waals surface area (Å²) in [6.45, 7) is 5.29. The lowest BCUT2D eigenvalue weighted by atomic mass is 10.1. The quantitative estimate of drug-likeness (QED) is 0.783. The van der Waals surface area contributed by atoms with E-state index in [0.29, 0.717) is 18.3 Å². The molecule has 0 aromatic carbocycles. The van der Waals surface area contributed by atoms with Crippen LogP contribution in [0.4, 0.5) is 0 Å². The number of hydrogen-bond donors (Lipinski definition) is 1. The number of rotatable bonds is 6. The van der Waals surface area contributed by atoms with Crippen LogP contribution in [0.2, 0.25) is 0 Å². The first-order valence-electron chi connectivity index (χ1n) is 7.18. The number of ketones is 1. The largest absolute Gasteiger partial charge is 0.312 e. The molecule has 0 radical (unpaired) electrons. The average molecular weight is 314 g/mol. The fraction of sp³-hybridized carbons (Fsp3) is 0.769. The first-order valence-corrected chi connectivity index (χ1v) is 9.00. The van der Waals surface area contributed by atoms with E-state index in [2.05, 4.69) is 29.2 Å². The zero-order valence-electron chi connectivity index (χ0n) is 12.4. The number of hydrogen-bond acceptors (Lipinski definition) is 6. The van der Waals surface area contributed by atoms with Crippen molar-refractivity contribution in [1.82, 2.24) is 20.1 Å². The summed E-state index contributed by atoms with van der Waals surface area (Å²) >= 11 is 0. The van der Waals surface area contributed by atoms with Crippen LogP contribution in [0.3, 0.4) is 0 Å². The Balaban J connectivity index is 1.91. The zero-order chi connectivity index (χ0) is 15.5. The number of aromatic nitrogens is 3. The summed E-state index contributed by atoms with van der Waals surface area (Å²) in [5.74, 6) is 1.25. The maximum Gasteiger partial charge on any atom is 0.153 e. The molecule has 118 valence electrons. The van der Waals surface area contributed by atoms with Crippen molar-refractivity contribution in [2.24, 2.45) is 5.92 Å². The predicted octanol–water partition coefficient (Wildman–Crippen LogP) is -0.178. The normalized spacial score (nSPS) is 21.6. The van der Waals surface area contributed by atoms with E-state index in [1.807, 2.05) is 0 Å². The molecule has 0 aliphatic carbocycles. The zero-order valence-corrected chi connectivity index (χ0v) is 13.3. The lowest BCUT2D eigenvalue weighted by Gasteiger charge is -2.22. The Labute approximate surface area is 125 Å². The molecule has 0 amide bonds. The third kappa shape index (κ3) is 4.89. The molecule has 21 heavy (non-hydrogen) atoms. The van der Waals surface area contributed by atoms with Gasteiger partial charge in [0.05, 0.1) is 17.9 Å². The highest BCUT2D eigenvalue weighted by Gasteiger charge is 2.26. The fourth-order valence-corrected chi connectivity index (χ4v) is 3.89. The van der Waals surface area contributed by atoms with Crippen LogP contribution in [0.25, 0.3) is 0 Å². The van der Waals surface area contributed by atoms with Crippen molar-refractivity contribution in [3.8, 4) is 0 Å². The van der Waals surface area contributed by atoms with Crippen LogP contribution in [0.5, 0.6) is 0 Å². The fourth-order valence-electron chi connectivity index (χ4n) is 2.45. The van der Waals surface area contributed by atoms with E-state index in [1.54, 1.807) is 4.68 Å². The summed E-state index contributed by atoms with van der Waals surface area (Å²) in [5.41, 5.74) is 0. The van der Waals surface area contributed by atoms with Gasteiger partial charge < -0.3 is 5.32 Å². The van der Waals surface area contributed by atoms with Crippen LogP contribution in [0, 0.1) is 5.92 Å². The van der Waals surface area contributed by atoms with Crippen molar-refractivity contribution in [3.63, 3.8) is 0 Å². The van der Waals surface area contributed by atoms with Crippen molar-refractivity contribution in [2.75, 3.05) is 18.1 Å². The number of carbonyl (C=O) groups is 1. The van der Waals surface area contributed by atoms with E-state index in [1.165, 1.54) is 6.33 Å². The Bertz CT molecular complexity index is 594. The number of Topliss-reactive ketones (excluding diaryl/α,β-unsaturated/α-hetero) is 1. The molecule has 2 heterocycles. The van der Waals surface area contributed by atoms with Gasteiger partial charge in [-0.1, -0.05) is 13.8 Å². The summed E-state index contributed by atoms with van der Waals surface area (Å²) in [7, 11) is -3.01. The van der Waals surface area contributed by atoms with Crippen LogP contribution in [0.1, 0.15) is 26.1 Å². The molecule has 0 bridgehead atoms. The van der Waals surface area contributed by atoms with E-state index in [0.717, 1.165) is 6.54 Å². The third-order valence-corrected chi connectivity index (χ3v) is 5.10. The first kappa shape index (κ1) is 16.1. The maximum absolute atomic E-state index is 12.1. The second-order valence-corrected chi connectivity index (χ2v) is 8.17. The van der Waals surface area contributed by atoms with Crippen LogP contribution < -0.4 is 5.32 Å². The van der Waals surface area contributed by atoms with Gasteiger partial charge in [0.2, 0.25) is 0 Å². The summed E-state index contributed by atoms with van der Waals surface area (Å²) in [6, 6.07) is -0.280. The van der Waals surface area contributed by atoms with Gasteiger partial charge in [-0.2, -0.15) is 5.10 Å². The van der Waals surface area contributed by atoms with Gasteiger partial charge in [0, 0.05) is 25.6 Å². The molecular weight excluding hydrogens is 292 g/mol. The van der Waals surface area contributed by atoms with Crippen LogP contribution in [-0.4, -0.2) is 53.1 Å². The Hall–Kier alpha value is -1.28. The number of sulfone groups is 1. The summed E-state index contributed by atoms with van der Waals surface area (Å²) in [5, 5.41) is 7.21. The Morgan fingerprint density at radius 1 is 1.52 bits per heavy atom. The van der Waals surface area contributed by atoms with Crippen molar-refractivity contribution in [3.05, 3.63) is 12.2 Å². The molecule has 1 saturated heterocycles. The second-order valence-electron chi connectivity index (χ2n) is 5.94. The molecule has 1 unspecified atom stereocenters. The lowest BCUT2D eigenvalue weighted by Crippen LogP contribution is -2.46. The summed E-state index contributed by atoms with van der Waals surface area (Å²) in [6.07, 6.45) is 1.87. The number of carbonyl (C=O) groups excluding carboxylic acids is 1. The molecule has 1 atom stereocenters. The molecular formula is C13H22N4O3S. The van der Waals surface area contributed by atoms with E-state index < -0.39 is 9.84 Å². The lowest BCUT2D eigenvalue weighted by molar-refractivity contribution is -0.119. The second kappa shape index (κ2) is 6.65. The molecule has 0 spiro atoms. The third-order valence-electron chi connectivity index (χ3n) is 3.36. The van der Waals surface area contributed by atoms with Gasteiger partial charge in [-0.15, -0.1) is 0 Å². The summed E-state index contributed by atoms with van der Waals surface area (Å²) in [4.78, 5) is 16.2. The minimum absolute atomic E-state index is 0.0115. The monoisotopic (exact) mass is 314 g/mol. The van der Waals surface area contributed by atoms with Crippen molar-refractivity contribution < 1.29 is 13.2 Å². The smallest absolute Gasteiger partial charge is 0.153 e. The van der Waals surface area contributed by atoms with Gasteiger partial charge in [0.1, 0.15) is 17.9 Å². The molecule has 8 heteroatoms. The molecule has 1 fully saturated rings. The van der Waals surface area contributed by atoms with Crippen LogP contribution >= 0.6 is 0 Å². The van der Waals surface area contributed by atoms with Crippen molar-refractivity contribution >= 4 is 15.6 Å². The standard InChI is InChI=1S/C13H22N4O3S/c1-10(2)7-17-13(15-9-16-17)6-12(18)5-11-8-21(19,20)4-3-14-11/h9-11,14H,3-8H2,1-2H3. The minimum atomic E-state index is -3.01. The Morgan fingerprint density at radius 2 is 2.29 bits per heavy atom. The van der Waals surface area contributed by atoms with E-state index >= 15 is 0 Å². The van der Waals surface area contributed by atoms with Crippen molar-refractivity contribution in [1.29, 1.82) is 0 Å². The highest BCUT2D eigenvalue weighted by Crippen LogP contribution is 2.08. The van der Waals surface area contributed by atoms with E-state index in [-0.39, 0.29) is 36.2 Å². The van der Waals surface area contributed by atoms with Crippen LogP contribution in [-0.2, 0) is 27.6 Å². The van der Waals surface area contributed by atoms with Gasteiger partial charge in [0.15, 0.2) is 9.84 Å². The summed E-state index contributed by atoms with van der Waals surface area (Å²) < 4.78 is 24.9. The molecule has 2 rings (SSSR count). The molecule has 1 N–H and O–H groups in total. The molecule has 0 saturated carbocycles. The SMILES string of the molecule is CC(C)Cn1ncnc1CC(=O)CC1CS(=O)(=O)CCN1. The highest BCUT2D eigenvalue weighted by atomic mass is 32.2. The highest BCUT2D eigenvalue weighted by molar-refractivity contribution is 7.91. The van der Waals surface area contributed by atoms with Gasteiger partial charge >= 0.3 is 0 Å². The molecule has 1 aromatic rings. The van der Waals surface area contributed by atoms with E-state index in [9.17, 15) is 13.2 Å². The molecule has 1 aromatic heterocycles. The molecule has 1 aliphatic heterocycles. The molecule has 7 nitrogen and oxygen atoms in total. The van der Waals surface area contributed by atoms with Crippen molar-refractivity contribution in [2.45, 2.75) is 39.3 Å². The van der Waals surface area contributed by atoms with Gasteiger partial charge in [-0.3, -0.25) is 4.79 Å². The average Bonchev–Trinajstić information content (AvgIpc) is 2.74. The predicted molar refractivity (Wildman–Crippen MR) is 78.6 cm³/mol. The Morgan fingerprint density at radius 3 is 2.95 bits per heavy atom. The molecule has 1 aliphatic rings. The Kier molecular flexibility index (Phi) is 5.10. The van der Waals surface area contributed by atoms with Gasteiger partial charge in [-0.05, 0) is 5.92 Å². The number of nitrogens with one attached hydrogen (secondary N) is 1. The topological polar surface area (TPSA) is 93.9 Å². The maximum atomic E-state index is 12.1. The first-order chi connectivity index (χ1) is 9.85.